The molecule has 2 aliphatic heterocycles. The number of hydrogen-bond donors (Lipinski definition) is 1. The highest BCUT2D eigenvalue weighted by Crippen LogP contribution is 2.21. The second-order valence-electron chi connectivity index (χ2n) is 5.81. The molecular formula is C16H22N2O3. The van der Waals surface area contributed by atoms with E-state index in [9.17, 15) is 4.79 Å². The summed E-state index contributed by atoms with van der Waals surface area (Å²) in [7, 11) is 0. The lowest BCUT2D eigenvalue weighted by Gasteiger charge is -2.37. The Kier molecular flexibility index (Phi) is 4.41. The van der Waals surface area contributed by atoms with Gasteiger partial charge in [-0.2, -0.15) is 0 Å². The van der Waals surface area contributed by atoms with Crippen molar-refractivity contribution in [2.45, 2.75) is 18.9 Å². The predicted octanol–water partition coefficient (Wildman–Crippen LogP) is 1.54. The van der Waals surface area contributed by atoms with Crippen LogP contribution in [0.15, 0.2) is 24.3 Å². The fourth-order valence-corrected chi connectivity index (χ4v) is 3.27. The lowest BCUT2D eigenvalue weighted by Crippen LogP contribution is -2.50. The highest BCUT2D eigenvalue weighted by atomic mass is 16.5. The van der Waals surface area contributed by atoms with Crippen LogP contribution in [-0.4, -0.2) is 66.2 Å². The van der Waals surface area contributed by atoms with Crippen molar-refractivity contribution in [3.63, 3.8) is 0 Å². The lowest BCUT2D eigenvalue weighted by atomic mass is 10.1. The topological polar surface area (TPSA) is 53.0 Å². The molecule has 0 amide bonds. The normalized spacial score (nSPS) is 23.0. The molecule has 5 heteroatoms. The van der Waals surface area contributed by atoms with Crippen molar-refractivity contribution in [2.75, 3.05) is 39.3 Å². The zero-order chi connectivity index (χ0) is 14.7. The van der Waals surface area contributed by atoms with Crippen LogP contribution < -0.4 is 4.74 Å². The molecule has 2 heterocycles. The molecule has 0 saturated carbocycles. The van der Waals surface area contributed by atoms with E-state index in [-0.39, 0.29) is 5.56 Å². The minimum atomic E-state index is -0.919. The third-order valence-corrected chi connectivity index (χ3v) is 4.43. The summed E-state index contributed by atoms with van der Waals surface area (Å²) in [4.78, 5) is 16.0. The van der Waals surface area contributed by atoms with E-state index in [1.807, 2.05) is 0 Å². The van der Waals surface area contributed by atoms with Crippen LogP contribution in [0.4, 0.5) is 0 Å². The average molecular weight is 290 g/mol. The van der Waals surface area contributed by atoms with Gasteiger partial charge in [0.2, 0.25) is 0 Å². The number of hydrogen-bond acceptors (Lipinski definition) is 4. The van der Waals surface area contributed by atoms with Crippen molar-refractivity contribution in [3.05, 3.63) is 29.8 Å². The molecule has 2 saturated heterocycles. The maximum atomic E-state index is 10.9. The first-order valence-electron chi connectivity index (χ1n) is 7.65. The van der Waals surface area contributed by atoms with Crippen LogP contribution in [0.25, 0.3) is 0 Å². The van der Waals surface area contributed by atoms with Crippen molar-refractivity contribution in [2.24, 2.45) is 0 Å². The van der Waals surface area contributed by atoms with Crippen molar-refractivity contribution >= 4 is 5.97 Å². The molecule has 1 aromatic carbocycles. The van der Waals surface area contributed by atoms with Crippen molar-refractivity contribution in [1.29, 1.82) is 0 Å². The third kappa shape index (κ3) is 3.54. The molecule has 0 radical (unpaired) electrons. The van der Waals surface area contributed by atoms with Gasteiger partial charge in [-0.05, 0) is 37.6 Å². The molecule has 1 aromatic rings. The summed E-state index contributed by atoms with van der Waals surface area (Å²) in [5.74, 6) is -0.285. The molecule has 1 atom stereocenters. The van der Waals surface area contributed by atoms with Gasteiger partial charge in [0.15, 0.2) is 0 Å². The van der Waals surface area contributed by atoms with E-state index >= 15 is 0 Å². The maximum Gasteiger partial charge on any atom is 0.335 e. The number of carboxylic acids is 1. The Hall–Kier alpha value is -1.59. The third-order valence-electron chi connectivity index (χ3n) is 4.43. The molecule has 2 fully saturated rings. The summed E-state index contributed by atoms with van der Waals surface area (Å²) in [5, 5.41) is 8.96. The van der Waals surface area contributed by atoms with Crippen LogP contribution >= 0.6 is 0 Å². The first kappa shape index (κ1) is 14.4. The zero-order valence-corrected chi connectivity index (χ0v) is 12.2. The number of aromatic carboxylic acids is 1. The number of nitrogens with zero attached hydrogens (tertiary/aromatic N) is 2. The number of piperazine rings is 1. The van der Waals surface area contributed by atoms with Crippen molar-refractivity contribution < 1.29 is 14.6 Å². The summed E-state index contributed by atoms with van der Waals surface area (Å²) >= 11 is 0. The Balaban J connectivity index is 1.45. The molecule has 1 N–H and O–H groups in total. The zero-order valence-electron chi connectivity index (χ0n) is 12.2. The maximum absolute atomic E-state index is 10.9. The number of carbonyl (C=O) groups is 1. The Morgan fingerprint density at radius 2 is 2.24 bits per heavy atom. The molecule has 0 bridgehead atoms. The van der Waals surface area contributed by atoms with E-state index in [1.54, 1.807) is 24.3 Å². The highest BCUT2D eigenvalue weighted by Gasteiger charge is 2.30. The predicted molar refractivity (Wildman–Crippen MR) is 79.9 cm³/mol. The number of carboxylic acid groups (broad SMARTS) is 1. The molecule has 0 spiro atoms. The number of rotatable bonds is 5. The van der Waals surface area contributed by atoms with Crippen LogP contribution in [0.5, 0.6) is 5.75 Å². The second kappa shape index (κ2) is 6.45. The van der Waals surface area contributed by atoms with Gasteiger partial charge in [0.1, 0.15) is 12.4 Å². The summed E-state index contributed by atoms with van der Waals surface area (Å²) in [6, 6.07) is 7.41. The van der Waals surface area contributed by atoms with Crippen LogP contribution in [-0.2, 0) is 0 Å². The first-order valence-corrected chi connectivity index (χ1v) is 7.65. The minimum Gasteiger partial charge on any atom is -0.492 e. The van der Waals surface area contributed by atoms with E-state index in [0.717, 1.165) is 25.7 Å². The largest absolute Gasteiger partial charge is 0.492 e. The molecule has 2 aliphatic rings. The van der Waals surface area contributed by atoms with Gasteiger partial charge >= 0.3 is 5.97 Å². The molecular weight excluding hydrogens is 268 g/mol. The number of benzene rings is 1. The van der Waals surface area contributed by atoms with Gasteiger partial charge in [0.25, 0.3) is 0 Å². The van der Waals surface area contributed by atoms with E-state index < -0.39 is 5.97 Å². The van der Waals surface area contributed by atoms with Crippen molar-refractivity contribution in [1.82, 2.24) is 9.80 Å². The van der Waals surface area contributed by atoms with Crippen molar-refractivity contribution in [3.8, 4) is 5.75 Å². The minimum absolute atomic E-state index is 0.270. The Bertz CT molecular complexity index is 506. The molecule has 1 unspecified atom stereocenters. The van der Waals surface area contributed by atoms with Gasteiger partial charge in [-0.25, -0.2) is 4.79 Å². The van der Waals surface area contributed by atoms with Crippen LogP contribution in [0.2, 0.25) is 0 Å². The molecule has 0 aliphatic carbocycles. The van der Waals surface area contributed by atoms with Gasteiger partial charge in [-0.1, -0.05) is 6.07 Å². The quantitative estimate of drug-likeness (QED) is 0.891. The Morgan fingerprint density at radius 3 is 3.10 bits per heavy atom. The molecule has 114 valence electrons. The summed E-state index contributed by atoms with van der Waals surface area (Å²) in [5.41, 5.74) is 0.270. The van der Waals surface area contributed by atoms with Gasteiger partial charge in [-0.3, -0.25) is 9.80 Å². The fourth-order valence-electron chi connectivity index (χ4n) is 3.27. The van der Waals surface area contributed by atoms with E-state index in [4.69, 9.17) is 9.84 Å². The Labute approximate surface area is 125 Å². The average Bonchev–Trinajstić information content (AvgIpc) is 2.95. The summed E-state index contributed by atoms with van der Waals surface area (Å²) < 4.78 is 5.69. The molecule has 5 nitrogen and oxygen atoms in total. The van der Waals surface area contributed by atoms with Gasteiger partial charge in [0.05, 0.1) is 5.56 Å². The second-order valence-corrected chi connectivity index (χ2v) is 5.81. The van der Waals surface area contributed by atoms with Crippen LogP contribution in [0, 0.1) is 0 Å². The van der Waals surface area contributed by atoms with Gasteiger partial charge in [-0.15, -0.1) is 0 Å². The first-order chi connectivity index (χ1) is 10.2. The lowest BCUT2D eigenvalue weighted by molar-refractivity contribution is 0.0696. The van der Waals surface area contributed by atoms with Crippen LogP contribution in [0.3, 0.4) is 0 Å². The Morgan fingerprint density at radius 1 is 1.33 bits per heavy atom. The highest BCUT2D eigenvalue weighted by molar-refractivity contribution is 5.87. The van der Waals surface area contributed by atoms with E-state index in [1.165, 1.54) is 25.9 Å². The smallest absolute Gasteiger partial charge is 0.335 e. The molecule has 3 rings (SSSR count). The number of fused-ring (bicyclic) bond motifs is 1. The van der Waals surface area contributed by atoms with Gasteiger partial charge < -0.3 is 9.84 Å². The van der Waals surface area contributed by atoms with Crippen LogP contribution in [0.1, 0.15) is 23.2 Å². The monoisotopic (exact) mass is 290 g/mol. The standard InChI is InChI=1S/C16H22N2O3/c19-16(20)13-3-1-5-15(11-13)21-10-9-17-7-8-18-6-2-4-14(18)12-17/h1,3,5,11,14H,2,4,6-10,12H2,(H,19,20). The summed E-state index contributed by atoms with van der Waals surface area (Å²) in [6.07, 6.45) is 2.65. The van der Waals surface area contributed by atoms with E-state index in [0.29, 0.717) is 12.4 Å². The van der Waals surface area contributed by atoms with E-state index in [2.05, 4.69) is 9.80 Å². The summed E-state index contributed by atoms with van der Waals surface area (Å²) in [6.45, 7) is 6.18. The molecule has 0 aromatic heterocycles. The fraction of sp³-hybridized carbons (Fsp3) is 0.562. The number of ether oxygens (including phenoxy) is 1. The van der Waals surface area contributed by atoms with Gasteiger partial charge in [0, 0.05) is 32.2 Å². The SMILES string of the molecule is O=C(O)c1cccc(OCCN2CCN3CCCC3C2)c1. The molecule has 21 heavy (non-hydrogen) atoms.